The van der Waals surface area contributed by atoms with Crippen LogP contribution in [-0.4, -0.2) is 0 Å². The summed E-state index contributed by atoms with van der Waals surface area (Å²) >= 11 is 0. The summed E-state index contributed by atoms with van der Waals surface area (Å²) in [7, 11) is 0. The Balaban J connectivity index is 1.25. The van der Waals surface area contributed by atoms with Crippen molar-refractivity contribution in [2.45, 2.75) is 38.5 Å². The standard InChI is InChI=1S/C56H41NO/c1-55(2)47-24-14-12-20-40(47)42-28-26-35(32-49(42)55)57(36-27-29-43-41-21-13-15-25-48(41)56(3,4)50(43)33-36)52-37(34-16-6-5-7-17-34)30-31-46-51-44-22-10-8-18-38(44)39-19-9-11-23-45(39)53(51)58-54(46)52/h5-33H,1-4H3/i5D,6D,7D,16D,17D. The largest absolute Gasteiger partial charge is 0.453 e. The van der Waals surface area contributed by atoms with Crippen LogP contribution >= 0.6 is 0 Å². The first-order valence-corrected chi connectivity index (χ1v) is 20.0. The number of furan rings is 1. The molecule has 1 heterocycles. The molecular formula is C56H41NO. The normalized spacial score (nSPS) is 15.7. The number of anilines is 3. The highest BCUT2D eigenvalue weighted by Crippen LogP contribution is 2.55. The van der Waals surface area contributed by atoms with Crippen LogP contribution in [0.25, 0.3) is 76.9 Å². The molecule has 0 N–H and O–H groups in total. The number of nitrogens with zero attached hydrogens (tertiary/aromatic N) is 1. The van der Waals surface area contributed by atoms with Gasteiger partial charge in [0.05, 0.1) is 12.5 Å². The van der Waals surface area contributed by atoms with Crippen molar-refractivity contribution in [1.82, 2.24) is 0 Å². The average molecular weight is 749 g/mol. The summed E-state index contributed by atoms with van der Waals surface area (Å²) in [6.45, 7) is 9.09. The lowest BCUT2D eigenvalue weighted by atomic mass is 9.82. The van der Waals surface area contributed by atoms with Crippen LogP contribution in [0.4, 0.5) is 17.1 Å². The van der Waals surface area contributed by atoms with Gasteiger partial charge in [-0.15, -0.1) is 0 Å². The molecule has 0 bridgehead atoms. The minimum absolute atomic E-state index is 0.112. The Labute approximate surface area is 345 Å². The van der Waals surface area contributed by atoms with Crippen LogP contribution in [0.3, 0.4) is 0 Å². The monoisotopic (exact) mass is 748 g/mol. The Bertz CT molecular complexity index is 3520. The zero-order valence-electron chi connectivity index (χ0n) is 37.7. The molecule has 12 rings (SSSR count). The molecule has 0 radical (unpaired) electrons. The van der Waals surface area contributed by atoms with Gasteiger partial charge in [-0.05, 0) is 96.6 Å². The molecule has 2 aliphatic rings. The van der Waals surface area contributed by atoms with E-state index in [1.807, 2.05) is 24.3 Å². The summed E-state index contributed by atoms with van der Waals surface area (Å²) in [5.74, 6) is 0. The summed E-state index contributed by atoms with van der Waals surface area (Å²) in [6.07, 6.45) is 0. The summed E-state index contributed by atoms with van der Waals surface area (Å²) in [5.41, 5.74) is 13.2. The van der Waals surface area contributed by atoms with E-state index in [-0.39, 0.29) is 40.6 Å². The van der Waals surface area contributed by atoms with Gasteiger partial charge in [0.1, 0.15) is 5.58 Å². The predicted octanol–water partition coefficient (Wildman–Crippen LogP) is 15.6. The lowest BCUT2D eigenvalue weighted by molar-refractivity contribution is 0.660. The molecule has 276 valence electrons. The second-order valence-corrected chi connectivity index (χ2v) is 16.9. The summed E-state index contributed by atoms with van der Waals surface area (Å²) in [5, 5.41) is 6.03. The molecule has 0 unspecified atom stereocenters. The Hall–Kier alpha value is -6.90. The number of fused-ring (bicyclic) bond motifs is 14. The fourth-order valence-corrected chi connectivity index (χ4v) is 10.3. The molecular weight excluding hydrogens is 703 g/mol. The van der Waals surface area contributed by atoms with E-state index < -0.39 is 6.04 Å². The molecule has 0 atom stereocenters. The fraction of sp³-hybridized carbons (Fsp3) is 0.107. The van der Waals surface area contributed by atoms with Gasteiger partial charge in [0.2, 0.25) is 0 Å². The van der Waals surface area contributed by atoms with Gasteiger partial charge in [0, 0.05) is 43.9 Å². The first-order valence-electron chi connectivity index (χ1n) is 22.5. The maximum atomic E-state index is 9.38. The third-order valence-corrected chi connectivity index (χ3v) is 13.1. The van der Waals surface area contributed by atoms with Gasteiger partial charge in [0.25, 0.3) is 0 Å². The lowest BCUT2D eigenvalue weighted by Crippen LogP contribution is -2.18. The quantitative estimate of drug-likeness (QED) is 0.167. The van der Waals surface area contributed by atoms with Gasteiger partial charge in [-0.3, -0.25) is 0 Å². The smallest absolute Gasteiger partial charge is 0.160 e. The van der Waals surface area contributed by atoms with E-state index in [4.69, 9.17) is 8.53 Å². The van der Waals surface area contributed by atoms with Crippen LogP contribution in [0.15, 0.2) is 180 Å². The van der Waals surface area contributed by atoms with Crippen LogP contribution in [-0.2, 0) is 10.8 Å². The highest BCUT2D eigenvalue weighted by atomic mass is 16.3. The molecule has 0 aliphatic heterocycles. The zero-order valence-corrected chi connectivity index (χ0v) is 32.7. The maximum Gasteiger partial charge on any atom is 0.160 e. The first-order chi connectivity index (χ1) is 30.4. The van der Waals surface area contributed by atoms with Gasteiger partial charge in [0.15, 0.2) is 5.58 Å². The van der Waals surface area contributed by atoms with E-state index >= 15 is 0 Å². The topological polar surface area (TPSA) is 16.4 Å². The molecule has 9 aromatic carbocycles. The SMILES string of the molecule is [2H]c1c([2H])c([2H])c(-c2ccc3c(oc4c5ccccc5c5ccccc5c34)c2N(c2ccc3c(c2)C(C)(C)c2ccccc2-3)c2ccc3c(c2)C(C)(C)c2ccccc2-3)c([2H])c1[2H]. The van der Waals surface area contributed by atoms with Crippen molar-refractivity contribution in [1.29, 1.82) is 0 Å². The number of hydrogen-bond donors (Lipinski definition) is 0. The number of hydrogen-bond acceptors (Lipinski definition) is 2. The van der Waals surface area contributed by atoms with Crippen molar-refractivity contribution in [2.75, 3.05) is 4.90 Å². The van der Waals surface area contributed by atoms with Crippen LogP contribution in [0.2, 0.25) is 0 Å². The minimum atomic E-state index is -0.434. The van der Waals surface area contributed by atoms with Gasteiger partial charge in [-0.25, -0.2) is 0 Å². The Morgan fingerprint density at radius 1 is 0.431 bits per heavy atom. The minimum Gasteiger partial charge on any atom is -0.453 e. The second-order valence-electron chi connectivity index (χ2n) is 16.9. The first kappa shape index (κ1) is 28.5. The van der Waals surface area contributed by atoms with Crippen LogP contribution in [0, 0.1) is 0 Å². The van der Waals surface area contributed by atoms with Gasteiger partial charge in [-0.1, -0.05) is 173 Å². The molecule has 2 nitrogen and oxygen atoms in total. The number of benzene rings is 9. The van der Waals surface area contributed by atoms with E-state index in [0.29, 0.717) is 16.8 Å². The third-order valence-electron chi connectivity index (χ3n) is 13.1. The fourth-order valence-electron chi connectivity index (χ4n) is 10.3. The van der Waals surface area contributed by atoms with Crippen LogP contribution in [0.1, 0.15) is 56.8 Å². The van der Waals surface area contributed by atoms with Gasteiger partial charge >= 0.3 is 0 Å². The molecule has 0 saturated heterocycles. The second kappa shape index (κ2) is 11.8. The highest BCUT2D eigenvalue weighted by Gasteiger charge is 2.38. The van der Waals surface area contributed by atoms with Crippen molar-refractivity contribution < 1.29 is 11.3 Å². The molecule has 2 aliphatic carbocycles. The molecule has 0 amide bonds. The van der Waals surface area contributed by atoms with Crippen molar-refractivity contribution >= 4 is 60.5 Å². The van der Waals surface area contributed by atoms with Crippen molar-refractivity contribution in [3.05, 3.63) is 198 Å². The van der Waals surface area contributed by atoms with E-state index in [2.05, 4.69) is 154 Å². The Morgan fingerprint density at radius 3 is 1.52 bits per heavy atom. The molecule has 0 saturated carbocycles. The van der Waals surface area contributed by atoms with E-state index in [9.17, 15) is 2.74 Å². The maximum absolute atomic E-state index is 9.38. The predicted molar refractivity (Wildman–Crippen MR) is 244 cm³/mol. The Kier molecular flexibility index (Phi) is 5.80. The Morgan fingerprint density at radius 2 is 0.914 bits per heavy atom. The third kappa shape index (κ3) is 4.43. The molecule has 58 heavy (non-hydrogen) atoms. The van der Waals surface area contributed by atoms with Crippen LogP contribution in [0.5, 0.6) is 0 Å². The molecule has 1 aromatic heterocycles. The van der Waals surface area contributed by atoms with E-state index in [0.717, 1.165) is 49.3 Å². The molecule has 10 aromatic rings. The highest BCUT2D eigenvalue weighted by molar-refractivity contribution is 6.31. The average Bonchev–Trinajstić information content (AvgIpc) is 3.89. The van der Waals surface area contributed by atoms with E-state index in [1.165, 1.54) is 44.5 Å². The molecule has 0 fully saturated rings. The molecule has 0 spiro atoms. The molecule has 2 heteroatoms. The van der Waals surface area contributed by atoms with Crippen molar-refractivity contribution in [3.8, 4) is 33.4 Å². The number of rotatable bonds is 4. The summed E-state index contributed by atoms with van der Waals surface area (Å²) < 4.78 is 52.4. The van der Waals surface area contributed by atoms with Gasteiger partial charge in [-0.2, -0.15) is 0 Å². The van der Waals surface area contributed by atoms with Crippen molar-refractivity contribution in [3.63, 3.8) is 0 Å². The van der Waals surface area contributed by atoms with Gasteiger partial charge < -0.3 is 9.32 Å². The summed E-state index contributed by atoms with van der Waals surface area (Å²) in [6, 6.07) is 49.4. The lowest BCUT2D eigenvalue weighted by Gasteiger charge is -2.31. The zero-order chi connectivity index (χ0) is 43.3. The summed E-state index contributed by atoms with van der Waals surface area (Å²) in [4.78, 5) is 2.21. The van der Waals surface area contributed by atoms with Crippen LogP contribution < -0.4 is 4.90 Å². The van der Waals surface area contributed by atoms with E-state index in [1.54, 1.807) is 0 Å². The van der Waals surface area contributed by atoms with Crippen molar-refractivity contribution in [2.24, 2.45) is 0 Å².